The highest BCUT2D eigenvalue weighted by Gasteiger charge is 2.19. The minimum absolute atomic E-state index is 0.0221. The maximum Gasteiger partial charge on any atom is 0.256 e. The van der Waals surface area contributed by atoms with Gasteiger partial charge in [0, 0.05) is 17.3 Å². The predicted molar refractivity (Wildman–Crippen MR) is 83.0 cm³/mol. The SMILES string of the molecule is Cc1cc(C)n(C(C)C)c(=O)c1C(N)c1ccccc1. The van der Waals surface area contributed by atoms with Crippen LogP contribution in [0.1, 0.15) is 48.3 Å². The highest BCUT2D eigenvalue weighted by atomic mass is 16.1. The summed E-state index contributed by atoms with van der Waals surface area (Å²) >= 11 is 0. The molecule has 1 heterocycles. The molecule has 2 N–H and O–H groups in total. The van der Waals surface area contributed by atoms with E-state index in [1.807, 2.05) is 68.7 Å². The molecule has 0 bridgehead atoms. The number of benzene rings is 1. The van der Waals surface area contributed by atoms with Crippen molar-refractivity contribution in [2.24, 2.45) is 5.73 Å². The Morgan fingerprint density at radius 1 is 1.10 bits per heavy atom. The molecule has 0 aliphatic carbocycles. The van der Waals surface area contributed by atoms with Gasteiger partial charge in [0.05, 0.1) is 6.04 Å². The van der Waals surface area contributed by atoms with E-state index in [9.17, 15) is 4.79 Å². The molecule has 0 saturated heterocycles. The van der Waals surface area contributed by atoms with Gasteiger partial charge in [0.1, 0.15) is 0 Å². The van der Waals surface area contributed by atoms with Crippen molar-refractivity contribution < 1.29 is 0 Å². The van der Waals surface area contributed by atoms with Crippen LogP contribution >= 0.6 is 0 Å². The number of aryl methyl sites for hydroxylation is 2. The molecule has 2 aromatic rings. The Morgan fingerprint density at radius 2 is 1.70 bits per heavy atom. The van der Waals surface area contributed by atoms with Gasteiger partial charge in [-0.1, -0.05) is 30.3 Å². The van der Waals surface area contributed by atoms with Crippen LogP contribution in [0.3, 0.4) is 0 Å². The summed E-state index contributed by atoms with van der Waals surface area (Å²) in [7, 11) is 0. The fraction of sp³-hybridized carbons (Fsp3) is 0.353. The Hall–Kier alpha value is -1.87. The Labute approximate surface area is 120 Å². The summed E-state index contributed by atoms with van der Waals surface area (Å²) in [5.74, 6) is 0. The molecule has 2 rings (SSSR count). The third-order valence-corrected chi connectivity index (χ3v) is 3.67. The van der Waals surface area contributed by atoms with Crippen LogP contribution in [0, 0.1) is 13.8 Å². The Morgan fingerprint density at radius 3 is 2.25 bits per heavy atom. The molecule has 0 spiro atoms. The first-order valence-corrected chi connectivity index (χ1v) is 6.96. The molecule has 1 atom stereocenters. The topological polar surface area (TPSA) is 48.0 Å². The molecule has 106 valence electrons. The monoisotopic (exact) mass is 270 g/mol. The van der Waals surface area contributed by atoms with Crippen molar-refractivity contribution in [2.75, 3.05) is 0 Å². The number of nitrogens with zero attached hydrogens (tertiary/aromatic N) is 1. The van der Waals surface area contributed by atoms with E-state index in [4.69, 9.17) is 5.73 Å². The molecular formula is C17H22N2O. The summed E-state index contributed by atoms with van der Waals surface area (Å²) < 4.78 is 1.81. The summed E-state index contributed by atoms with van der Waals surface area (Å²) in [6.07, 6.45) is 0. The van der Waals surface area contributed by atoms with Crippen LogP contribution < -0.4 is 11.3 Å². The smallest absolute Gasteiger partial charge is 0.256 e. The van der Waals surface area contributed by atoms with E-state index in [1.54, 1.807) is 0 Å². The highest BCUT2D eigenvalue weighted by molar-refractivity contribution is 5.36. The molecular weight excluding hydrogens is 248 g/mol. The summed E-state index contributed by atoms with van der Waals surface area (Å²) in [5, 5.41) is 0. The lowest BCUT2D eigenvalue weighted by Gasteiger charge is -2.21. The van der Waals surface area contributed by atoms with E-state index in [1.165, 1.54) is 0 Å². The van der Waals surface area contributed by atoms with E-state index in [-0.39, 0.29) is 17.6 Å². The van der Waals surface area contributed by atoms with Crippen molar-refractivity contribution in [2.45, 2.75) is 39.8 Å². The third kappa shape index (κ3) is 2.54. The first-order valence-electron chi connectivity index (χ1n) is 6.96. The van der Waals surface area contributed by atoms with E-state index >= 15 is 0 Å². The van der Waals surface area contributed by atoms with E-state index < -0.39 is 0 Å². The molecule has 0 aliphatic rings. The molecule has 1 aromatic heterocycles. The van der Waals surface area contributed by atoms with Gasteiger partial charge in [0.25, 0.3) is 5.56 Å². The summed E-state index contributed by atoms with van der Waals surface area (Å²) in [5.41, 5.74) is 9.94. The Kier molecular flexibility index (Phi) is 4.09. The molecule has 0 fully saturated rings. The van der Waals surface area contributed by atoms with Crippen molar-refractivity contribution in [1.29, 1.82) is 0 Å². The zero-order valence-electron chi connectivity index (χ0n) is 12.6. The predicted octanol–water partition coefficient (Wildman–Crippen LogP) is 3.09. The van der Waals surface area contributed by atoms with Crippen LogP contribution in [0.5, 0.6) is 0 Å². The number of rotatable bonds is 3. The second-order valence-electron chi connectivity index (χ2n) is 5.54. The minimum atomic E-state index is -0.380. The lowest BCUT2D eigenvalue weighted by atomic mass is 9.96. The largest absolute Gasteiger partial charge is 0.320 e. The van der Waals surface area contributed by atoms with E-state index in [0.717, 1.165) is 16.8 Å². The average molecular weight is 270 g/mol. The average Bonchev–Trinajstić information content (AvgIpc) is 2.38. The van der Waals surface area contributed by atoms with Crippen molar-refractivity contribution in [1.82, 2.24) is 4.57 Å². The minimum Gasteiger partial charge on any atom is -0.320 e. The summed E-state index contributed by atoms with van der Waals surface area (Å²) in [6, 6.07) is 11.6. The van der Waals surface area contributed by atoms with Gasteiger partial charge in [-0.15, -0.1) is 0 Å². The first-order chi connectivity index (χ1) is 9.43. The van der Waals surface area contributed by atoms with Crippen LogP contribution in [-0.4, -0.2) is 4.57 Å². The van der Waals surface area contributed by atoms with Crippen molar-refractivity contribution in [3.8, 4) is 0 Å². The maximum atomic E-state index is 12.7. The fourth-order valence-electron chi connectivity index (χ4n) is 2.77. The van der Waals surface area contributed by atoms with E-state index in [0.29, 0.717) is 5.56 Å². The first kappa shape index (κ1) is 14.5. The van der Waals surface area contributed by atoms with Crippen LogP contribution in [0.15, 0.2) is 41.2 Å². The Bertz CT molecular complexity index is 657. The number of pyridine rings is 1. The fourth-order valence-corrected chi connectivity index (χ4v) is 2.77. The number of hydrogen-bond donors (Lipinski definition) is 1. The quantitative estimate of drug-likeness (QED) is 0.931. The van der Waals surface area contributed by atoms with Crippen LogP contribution in [0.25, 0.3) is 0 Å². The summed E-state index contributed by atoms with van der Waals surface area (Å²) in [4.78, 5) is 12.7. The van der Waals surface area contributed by atoms with Gasteiger partial charge in [0.2, 0.25) is 0 Å². The third-order valence-electron chi connectivity index (χ3n) is 3.67. The van der Waals surface area contributed by atoms with Crippen molar-refractivity contribution in [3.63, 3.8) is 0 Å². The molecule has 20 heavy (non-hydrogen) atoms. The van der Waals surface area contributed by atoms with Gasteiger partial charge < -0.3 is 10.3 Å². The van der Waals surface area contributed by atoms with Gasteiger partial charge >= 0.3 is 0 Å². The van der Waals surface area contributed by atoms with Crippen LogP contribution in [-0.2, 0) is 0 Å². The highest BCUT2D eigenvalue weighted by Crippen LogP contribution is 2.21. The molecule has 3 heteroatoms. The van der Waals surface area contributed by atoms with E-state index in [2.05, 4.69) is 0 Å². The number of nitrogens with two attached hydrogens (primary N) is 1. The summed E-state index contributed by atoms with van der Waals surface area (Å²) in [6.45, 7) is 7.95. The molecule has 0 amide bonds. The zero-order valence-corrected chi connectivity index (χ0v) is 12.6. The second kappa shape index (κ2) is 5.63. The van der Waals surface area contributed by atoms with Crippen LogP contribution in [0.4, 0.5) is 0 Å². The molecule has 1 unspecified atom stereocenters. The molecule has 0 saturated carbocycles. The second-order valence-corrected chi connectivity index (χ2v) is 5.54. The van der Waals surface area contributed by atoms with Gasteiger partial charge in [0.15, 0.2) is 0 Å². The molecule has 0 radical (unpaired) electrons. The van der Waals surface area contributed by atoms with Gasteiger partial charge in [-0.3, -0.25) is 4.79 Å². The van der Waals surface area contributed by atoms with Crippen molar-refractivity contribution in [3.05, 3.63) is 69.1 Å². The number of hydrogen-bond acceptors (Lipinski definition) is 2. The maximum absolute atomic E-state index is 12.7. The van der Waals surface area contributed by atoms with Crippen LogP contribution in [0.2, 0.25) is 0 Å². The molecule has 3 nitrogen and oxygen atoms in total. The lowest BCUT2D eigenvalue weighted by molar-refractivity contribution is 0.553. The van der Waals surface area contributed by atoms with Gasteiger partial charge in [-0.2, -0.15) is 0 Å². The molecule has 1 aromatic carbocycles. The zero-order chi connectivity index (χ0) is 14.9. The molecule has 0 aliphatic heterocycles. The lowest BCUT2D eigenvalue weighted by Crippen LogP contribution is -2.32. The Balaban J connectivity index is 2.63. The van der Waals surface area contributed by atoms with Gasteiger partial charge in [-0.25, -0.2) is 0 Å². The van der Waals surface area contributed by atoms with Crippen molar-refractivity contribution >= 4 is 0 Å². The standard InChI is InChI=1S/C17H22N2O/c1-11(2)19-13(4)10-12(3)15(17(19)20)16(18)14-8-6-5-7-9-14/h5-11,16H,18H2,1-4H3. The normalized spacial score (nSPS) is 12.7. The number of aromatic nitrogens is 1. The van der Waals surface area contributed by atoms with Gasteiger partial charge in [-0.05, 0) is 44.9 Å².